The van der Waals surface area contributed by atoms with Crippen LogP contribution in [0.1, 0.15) is 29.2 Å². The van der Waals surface area contributed by atoms with Crippen molar-refractivity contribution >= 4 is 45.4 Å². The first-order valence-corrected chi connectivity index (χ1v) is 13.1. The number of methoxy groups -OCH3 is 2. The highest BCUT2D eigenvalue weighted by Gasteiger charge is 2.36. The van der Waals surface area contributed by atoms with Crippen LogP contribution in [0.2, 0.25) is 0 Å². The van der Waals surface area contributed by atoms with Crippen molar-refractivity contribution in [3.8, 4) is 11.5 Å². The normalized spacial score (nSPS) is 18.2. The van der Waals surface area contributed by atoms with Gasteiger partial charge in [0.25, 0.3) is 5.91 Å². The van der Waals surface area contributed by atoms with Gasteiger partial charge in [-0.05, 0) is 75.6 Å². The van der Waals surface area contributed by atoms with Gasteiger partial charge in [-0.2, -0.15) is 10.1 Å². The van der Waals surface area contributed by atoms with E-state index in [-0.39, 0.29) is 11.9 Å². The molecule has 2 aliphatic rings. The average molecular weight is 520 g/mol. The van der Waals surface area contributed by atoms with Gasteiger partial charge in [0.1, 0.15) is 11.5 Å². The predicted octanol–water partition coefficient (Wildman–Crippen LogP) is 6.68. The largest absolute Gasteiger partial charge is 0.497 e. The van der Waals surface area contributed by atoms with Crippen LogP contribution in [-0.4, -0.2) is 36.0 Å². The molecule has 4 aromatic carbocycles. The Hall–Kier alpha value is -4.36. The zero-order valence-electron chi connectivity index (χ0n) is 21.0. The summed E-state index contributed by atoms with van der Waals surface area (Å²) in [5, 5.41) is 9.84. The summed E-state index contributed by atoms with van der Waals surface area (Å²) in [6.07, 6.45) is 2.55. The van der Waals surface area contributed by atoms with Crippen LogP contribution >= 0.6 is 11.8 Å². The summed E-state index contributed by atoms with van der Waals surface area (Å²) in [6.45, 7) is 0. The minimum Gasteiger partial charge on any atom is -0.497 e. The van der Waals surface area contributed by atoms with E-state index in [9.17, 15) is 4.79 Å². The van der Waals surface area contributed by atoms with Gasteiger partial charge in [-0.25, -0.2) is 5.01 Å². The lowest BCUT2D eigenvalue weighted by molar-refractivity contribution is -0.113. The maximum Gasteiger partial charge on any atom is 0.286 e. The number of thioether (sulfide) groups is 1. The first kappa shape index (κ1) is 24.0. The van der Waals surface area contributed by atoms with Gasteiger partial charge in [0.2, 0.25) is 0 Å². The number of hydrazone groups is 1. The first-order valence-electron chi connectivity index (χ1n) is 12.3. The number of ether oxygens (including phenoxy) is 2. The second-order valence-corrected chi connectivity index (χ2v) is 10.0. The predicted molar refractivity (Wildman–Crippen MR) is 154 cm³/mol. The standard InChI is InChI=1S/C31H25N3O3S/c1-36-25-13-7-20(8-14-25)17-29-30(35)32-31(38-29)34-28(22-11-15-26(37-2)16-12-22)19-27(33-34)24-10-9-21-5-3-4-6-23(21)18-24/h3-18,28H,19H2,1-2H3/b29-17-. The SMILES string of the molecule is COc1ccc(/C=C2\SC(N3N=C(c4ccc5ccccc5c4)CC3c3ccc(OC)cc3)=NC2=O)cc1. The van der Waals surface area contributed by atoms with E-state index in [1.807, 2.05) is 71.7 Å². The summed E-state index contributed by atoms with van der Waals surface area (Å²) in [5.74, 6) is 1.30. The number of fused-ring (bicyclic) bond motifs is 1. The summed E-state index contributed by atoms with van der Waals surface area (Å²) >= 11 is 1.35. The van der Waals surface area contributed by atoms with Crippen LogP contribution in [0.3, 0.4) is 0 Å². The number of aliphatic imine (C=N–C) groups is 1. The zero-order chi connectivity index (χ0) is 26.1. The summed E-state index contributed by atoms with van der Waals surface area (Å²) in [5.41, 5.74) is 4.01. The highest BCUT2D eigenvalue weighted by molar-refractivity contribution is 8.18. The number of amidine groups is 1. The third kappa shape index (κ3) is 4.68. The molecule has 4 aromatic rings. The molecule has 38 heavy (non-hydrogen) atoms. The van der Waals surface area contributed by atoms with Gasteiger partial charge in [0, 0.05) is 6.42 Å². The van der Waals surface area contributed by atoms with Gasteiger partial charge < -0.3 is 9.47 Å². The molecule has 1 unspecified atom stereocenters. The fraction of sp³-hybridized carbons (Fsp3) is 0.129. The third-order valence-corrected chi connectivity index (χ3v) is 7.69. The number of hydrogen-bond donors (Lipinski definition) is 0. The van der Waals surface area contributed by atoms with Crippen LogP contribution in [0.5, 0.6) is 11.5 Å². The number of carbonyl (C=O) groups excluding carboxylic acids is 1. The molecule has 0 saturated carbocycles. The van der Waals surface area contributed by atoms with E-state index in [0.717, 1.165) is 33.9 Å². The van der Waals surface area contributed by atoms with Crippen LogP contribution < -0.4 is 9.47 Å². The van der Waals surface area contributed by atoms with Crippen molar-refractivity contribution in [1.82, 2.24) is 5.01 Å². The van der Waals surface area contributed by atoms with Crippen molar-refractivity contribution in [2.45, 2.75) is 12.5 Å². The Morgan fingerprint density at radius 2 is 1.55 bits per heavy atom. The highest BCUT2D eigenvalue weighted by atomic mass is 32.2. The molecule has 7 heteroatoms. The molecule has 2 aliphatic heterocycles. The van der Waals surface area contributed by atoms with Crippen LogP contribution in [0.25, 0.3) is 16.8 Å². The van der Waals surface area contributed by atoms with Gasteiger partial charge in [-0.3, -0.25) is 4.79 Å². The molecule has 2 heterocycles. The van der Waals surface area contributed by atoms with E-state index in [0.29, 0.717) is 16.5 Å². The molecule has 0 aliphatic carbocycles. The monoisotopic (exact) mass is 519 g/mol. The van der Waals surface area contributed by atoms with Crippen molar-refractivity contribution in [3.05, 3.63) is 113 Å². The zero-order valence-corrected chi connectivity index (χ0v) is 21.8. The van der Waals surface area contributed by atoms with Crippen LogP contribution in [-0.2, 0) is 4.79 Å². The molecule has 188 valence electrons. The number of amides is 1. The number of rotatable bonds is 5. The lowest BCUT2D eigenvalue weighted by Gasteiger charge is -2.22. The lowest BCUT2D eigenvalue weighted by atomic mass is 9.97. The molecular weight excluding hydrogens is 494 g/mol. The van der Waals surface area contributed by atoms with Gasteiger partial charge in [0.05, 0.1) is 30.9 Å². The maximum atomic E-state index is 12.9. The van der Waals surface area contributed by atoms with E-state index < -0.39 is 0 Å². The summed E-state index contributed by atoms with van der Waals surface area (Å²) in [7, 11) is 3.29. The lowest BCUT2D eigenvalue weighted by Crippen LogP contribution is -2.23. The van der Waals surface area contributed by atoms with E-state index in [1.165, 1.54) is 22.5 Å². The number of benzene rings is 4. The van der Waals surface area contributed by atoms with Crippen LogP contribution in [0.15, 0.2) is 106 Å². The third-order valence-electron chi connectivity index (χ3n) is 6.71. The molecule has 0 radical (unpaired) electrons. The molecule has 6 rings (SSSR count). The van der Waals surface area contributed by atoms with Crippen molar-refractivity contribution < 1.29 is 14.3 Å². The second-order valence-electron chi connectivity index (χ2n) is 9.03. The Labute approximate surface area is 225 Å². The molecular formula is C31H25N3O3S. The van der Waals surface area contributed by atoms with Crippen LogP contribution in [0.4, 0.5) is 0 Å². The minimum atomic E-state index is -0.261. The molecule has 0 bridgehead atoms. The molecule has 0 aromatic heterocycles. The minimum absolute atomic E-state index is 0.0956. The topological polar surface area (TPSA) is 63.5 Å². The molecule has 1 amide bonds. The van der Waals surface area contributed by atoms with E-state index in [1.54, 1.807) is 14.2 Å². The van der Waals surface area contributed by atoms with Crippen LogP contribution in [0, 0.1) is 0 Å². The molecule has 6 nitrogen and oxygen atoms in total. The Morgan fingerprint density at radius 1 is 0.868 bits per heavy atom. The van der Waals surface area contributed by atoms with Gasteiger partial charge in [-0.1, -0.05) is 60.7 Å². The smallest absolute Gasteiger partial charge is 0.286 e. The van der Waals surface area contributed by atoms with Gasteiger partial charge in [-0.15, -0.1) is 0 Å². The molecule has 0 saturated heterocycles. The fourth-order valence-corrected chi connectivity index (χ4v) is 5.58. The Bertz CT molecular complexity index is 1610. The van der Waals surface area contributed by atoms with Crippen molar-refractivity contribution in [2.24, 2.45) is 10.1 Å². The number of carbonyl (C=O) groups is 1. The average Bonchev–Trinajstić information content (AvgIpc) is 3.57. The van der Waals surface area contributed by atoms with E-state index in [4.69, 9.17) is 14.6 Å². The number of hydrogen-bond acceptors (Lipinski definition) is 6. The molecule has 0 fully saturated rings. The Balaban J connectivity index is 1.34. The van der Waals surface area contributed by atoms with Crippen molar-refractivity contribution in [1.29, 1.82) is 0 Å². The van der Waals surface area contributed by atoms with E-state index >= 15 is 0 Å². The quantitative estimate of drug-likeness (QED) is 0.275. The molecule has 0 N–H and O–H groups in total. The summed E-state index contributed by atoms with van der Waals surface area (Å²) in [4.78, 5) is 17.9. The van der Waals surface area contributed by atoms with Gasteiger partial charge in [0.15, 0.2) is 5.17 Å². The Kier molecular flexibility index (Phi) is 6.43. The van der Waals surface area contributed by atoms with Crippen molar-refractivity contribution in [2.75, 3.05) is 14.2 Å². The fourth-order valence-electron chi connectivity index (χ4n) is 4.66. The highest BCUT2D eigenvalue weighted by Crippen LogP contribution is 2.40. The summed E-state index contributed by atoms with van der Waals surface area (Å²) in [6, 6.07) is 30.2. The van der Waals surface area contributed by atoms with Crippen molar-refractivity contribution in [3.63, 3.8) is 0 Å². The molecule has 1 atom stereocenters. The molecule has 0 spiro atoms. The maximum absolute atomic E-state index is 12.9. The Morgan fingerprint density at radius 3 is 2.26 bits per heavy atom. The summed E-state index contributed by atoms with van der Waals surface area (Å²) < 4.78 is 10.6. The number of nitrogens with zero attached hydrogens (tertiary/aromatic N) is 3. The van der Waals surface area contributed by atoms with E-state index in [2.05, 4.69) is 35.3 Å². The van der Waals surface area contributed by atoms with Gasteiger partial charge >= 0.3 is 0 Å². The second kappa shape index (κ2) is 10.2. The first-order chi connectivity index (χ1) is 18.6.